The Balaban J connectivity index is 2.87. The van der Waals surface area contributed by atoms with E-state index >= 15 is 0 Å². The minimum absolute atomic E-state index is 0.0628. The molecule has 0 aromatic heterocycles. The van der Waals surface area contributed by atoms with E-state index in [1.807, 2.05) is 30.3 Å². The zero-order valence-corrected chi connectivity index (χ0v) is 16.7. The summed E-state index contributed by atoms with van der Waals surface area (Å²) in [7, 11) is -0.710. The van der Waals surface area contributed by atoms with Crippen LogP contribution in [-0.4, -0.2) is 33.3 Å². The summed E-state index contributed by atoms with van der Waals surface area (Å²) in [5.41, 5.74) is 1.13. The molecule has 134 valence electrons. The molecule has 0 saturated carbocycles. The fourth-order valence-electron chi connectivity index (χ4n) is 2.19. The molecule has 0 bridgehead atoms. The quantitative estimate of drug-likeness (QED) is 0.402. The fraction of sp³-hybridized carbons (Fsp3) is 0.579. The second-order valence-corrected chi connectivity index (χ2v) is 12.4. The van der Waals surface area contributed by atoms with Crippen molar-refractivity contribution >= 4 is 20.1 Å². The van der Waals surface area contributed by atoms with Gasteiger partial charge >= 0.3 is 5.97 Å². The molecule has 0 saturated heterocycles. The van der Waals surface area contributed by atoms with Crippen molar-refractivity contribution in [1.82, 2.24) is 0 Å². The van der Waals surface area contributed by atoms with Crippen molar-refractivity contribution in [2.75, 3.05) is 7.11 Å². The zero-order valence-electron chi connectivity index (χ0n) is 15.7. The van der Waals surface area contributed by atoms with Crippen molar-refractivity contribution in [1.29, 1.82) is 0 Å². The summed E-state index contributed by atoms with van der Waals surface area (Å²) in [4.78, 5) is 23.5. The van der Waals surface area contributed by atoms with Gasteiger partial charge in [0, 0.05) is 6.42 Å². The highest BCUT2D eigenvalue weighted by atomic mass is 28.4. The number of rotatable bonds is 8. The third-order valence-corrected chi connectivity index (χ3v) is 9.13. The molecule has 5 heteroatoms. The van der Waals surface area contributed by atoms with Gasteiger partial charge < -0.3 is 9.16 Å². The number of hydrogen-bond acceptors (Lipinski definition) is 4. The Kier molecular flexibility index (Phi) is 7.36. The third-order valence-electron chi connectivity index (χ3n) is 4.60. The smallest absolute Gasteiger partial charge is 0.313 e. The Hall–Kier alpha value is -1.46. The predicted octanol–water partition coefficient (Wildman–Crippen LogP) is 4.14. The molecule has 4 nitrogen and oxygen atoms in total. The number of Topliss-reactive ketones (excluding diaryl/α,β-unsaturated/α-hetero) is 1. The molecule has 0 amide bonds. The van der Waals surface area contributed by atoms with E-state index in [2.05, 4.69) is 38.6 Å². The van der Waals surface area contributed by atoms with Crippen molar-refractivity contribution in [3.05, 3.63) is 35.9 Å². The molecular weight excluding hydrogens is 320 g/mol. The minimum Gasteiger partial charge on any atom is -0.469 e. The number of benzene rings is 1. The van der Waals surface area contributed by atoms with E-state index < -0.39 is 14.3 Å². The normalized spacial score (nSPS) is 13.4. The van der Waals surface area contributed by atoms with Gasteiger partial charge in [-0.25, -0.2) is 0 Å². The molecule has 1 rings (SSSR count). The van der Waals surface area contributed by atoms with Gasteiger partial charge in [0.15, 0.2) is 8.32 Å². The first kappa shape index (κ1) is 20.6. The number of ketones is 1. The molecule has 0 aliphatic heterocycles. The van der Waals surface area contributed by atoms with Crippen LogP contribution in [0.1, 0.15) is 39.2 Å². The van der Waals surface area contributed by atoms with Crippen molar-refractivity contribution in [2.24, 2.45) is 0 Å². The van der Waals surface area contributed by atoms with Crippen LogP contribution in [-0.2, 0) is 25.2 Å². The van der Waals surface area contributed by atoms with E-state index in [1.165, 1.54) is 7.11 Å². The number of esters is 1. The van der Waals surface area contributed by atoms with Gasteiger partial charge in [0.1, 0.15) is 12.2 Å². The lowest BCUT2D eigenvalue weighted by molar-refractivity contribution is -0.143. The van der Waals surface area contributed by atoms with E-state index in [1.54, 1.807) is 0 Å². The number of carbonyl (C=O) groups is 2. The number of carbonyl (C=O) groups excluding carboxylic acids is 2. The zero-order chi connectivity index (χ0) is 18.4. The standard InChI is InChI=1S/C19H30O4Si/c1-19(2,3)24(5,6)23-17(12-15-10-8-7-9-11-15)13-16(20)14-18(21)22-4/h7-11,17H,12-14H2,1-6H3/t17-/m1/s1. The molecule has 0 aliphatic carbocycles. The maximum atomic E-state index is 12.2. The predicted molar refractivity (Wildman–Crippen MR) is 98.5 cm³/mol. The van der Waals surface area contributed by atoms with Crippen molar-refractivity contribution < 1.29 is 18.8 Å². The van der Waals surface area contributed by atoms with Crippen LogP contribution < -0.4 is 0 Å². The van der Waals surface area contributed by atoms with E-state index in [4.69, 9.17) is 4.43 Å². The van der Waals surface area contributed by atoms with Crippen LogP contribution in [0.15, 0.2) is 30.3 Å². The second kappa shape index (κ2) is 8.58. The van der Waals surface area contributed by atoms with E-state index in [0.29, 0.717) is 6.42 Å². The van der Waals surface area contributed by atoms with Gasteiger partial charge in [0.05, 0.1) is 13.2 Å². The van der Waals surface area contributed by atoms with Gasteiger partial charge in [0.25, 0.3) is 0 Å². The van der Waals surface area contributed by atoms with E-state index in [-0.39, 0.29) is 29.8 Å². The topological polar surface area (TPSA) is 52.6 Å². The Morgan fingerprint density at radius 1 is 1.12 bits per heavy atom. The highest BCUT2D eigenvalue weighted by Gasteiger charge is 2.39. The Morgan fingerprint density at radius 3 is 2.21 bits per heavy atom. The van der Waals surface area contributed by atoms with Gasteiger partial charge in [0.2, 0.25) is 0 Å². The maximum Gasteiger partial charge on any atom is 0.313 e. The molecular formula is C19H30O4Si. The first-order valence-electron chi connectivity index (χ1n) is 8.35. The lowest BCUT2D eigenvalue weighted by atomic mass is 10.0. The summed E-state index contributed by atoms with van der Waals surface area (Å²) >= 11 is 0. The van der Waals surface area contributed by atoms with Crippen molar-refractivity contribution in [3.8, 4) is 0 Å². The maximum absolute atomic E-state index is 12.2. The van der Waals surface area contributed by atoms with Gasteiger partial charge in [-0.15, -0.1) is 0 Å². The Labute approximate surface area is 146 Å². The van der Waals surface area contributed by atoms with Crippen molar-refractivity contribution in [2.45, 2.75) is 64.3 Å². The average Bonchev–Trinajstić information content (AvgIpc) is 2.46. The summed E-state index contributed by atoms with van der Waals surface area (Å²) in [6, 6.07) is 10.00. The molecule has 0 radical (unpaired) electrons. The first-order valence-corrected chi connectivity index (χ1v) is 11.3. The molecule has 0 heterocycles. The number of hydrogen-bond donors (Lipinski definition) is 0. The highest BCUT2D eigenvalue weighted by Crippen LogP contribution is 2.38. The van der Waals surface area contributed by atoms with Crippen LogP contribution in [0.4, 0.5) is 0 Å². The van der Waals surface area contributed by atoms with Crippen LogP contribution >= 0.6 is 0 Å². The second-order valence-electron chi connectivity index (χ2n) is 7.69. The summed E-state index contributed by atoms with van der Waals surface area (Å²) in [6.07, 6.45) is 0.491. The third kappa shape index (κ3) is 6.57. The summed E-state index contributed by atoms with van der Waals surface area (Å²) in [5.74, 6) is -0.632. The van der Waals surface area contributed by atoms with Gasteiger partial charge in [-0.1, -0.05) is 51.1 Å². The molecule has 1 aromatic carbocycles. The largest absolute Gasteiger partial charge is 0.469 e. The highest BCUT2D eigenvalue weighted by molar-refractivity contribution is 6.74. The van der Waals surface area contributed by atoms with Crippen molar-refractivity contribution in [3.63, 3.8) is 0 Å². The summed E-state index contributed by atoms with van der Waals surface area (Å²) in [5, 5.41) is 0.0628. The van der Waals surface area contributed by atoms with E-state index in [9.17, 15) is 9.59 Å². The number of ether oxygens (including phenoxy) is 1. The van der Waals surface area contributed by atoms with Crippen LogP contribution in [0.5, 0.6) is 0 Å². The van der Waals surface area contributed by atoms with Gasteiger partial charge in [-0.3, -0.25) is 9.59 Å². The molecule has 24 heavy (non-hydrogen) atoms. The summed E-state index contributed by atoms with van der Waals surface area (Å²) in [6.45, 7) is 10.9. The van der Waals surface area contributed by atoms with Crippen LogP contribution in [0.2, 0.25) is 18.1 Å². The van der Waals surface area contributed by atoms with Gasteiger partial charge in [-0.2, -0.15) is 0 Å². The molecule has 1 atom stereocenters. The Bertz CT molecular complexity index is 546. The molecule has 0 unspecified atom stereocenters. The van der Waals surface area contributed by atoms with Crippen LogP contribution in [0, 0.1) is 0 Å². The molecule has 0 fully saturated rings. The van der Waals surface area contributed by atoms with Crippen LogP contribution in [0.25, 0.3) is 0 Å². The summed E-state index contributed by atoms with van der Waals surface area (Å²) < 4.78 is 11.0. The average molecular weight is 351 g/mol. The lowest BCUT2D eigenvalue weighted by Gasteiger charge is -2.39. The fourth-order valence-corrected chi connectivity index (χ4v) is 3.54. The number of methoxy groups -OCH3 is 1. The lowest BCUT2D eigenvalue weighted by Crippen LogP contribution is -2.45. The minimum atomic E-state index is -2.01. The molecule has 0 N–H and O–H groups in total. The van der Waals surface area contributed by atoms with Crippen LogP contribution in [0.3, 0.4) is 0 Å². The first-order chi connectivity index (χ1) is 11.0. The molecule has 1 aromatic rings. The molecule has 0 aliphatic rings. The van der Waals surface area contributed by atoms with Gasteiger partial charge in [-0.05, 0) is 30.1 Å². The molecule has 0 spiro atoms. The SMILES string of the molecule is COC(=O)CC(=O)C[C@@H](Cc1ccccc1)O[Si](C)(C)C(C)(C)C. The van der Waals surface area contributed by atoms with E-state index in [0.717, 1.165) is 5.56 Å². The Morgan fingerprint density at radius 2 is 1.71 bits per heavy atom. The monoisotopic (exact) mass is 350 g/mol.